The number of hydrogen-bond acceptors (Lipinski definition) is 6. The molecule has 1 fully saturated rings. The van der Waals surface area contributed by atoms with Crippen molar-refractivity contribution in [2.24, 2.45) is 0 Å². The number of nitrogens with zero attached hydrogens (tertiary/aromatic N) is 5. The number of aryl methyl sites for hydroxylation is 1. The largest absolute Gasteiger partial charge is 0.352 e. The Hall–Kier alpha value is -3.48. The fraction of sp³-hybridized carbons (Fsp3) is 0.407. The number of benzene rings is 2. The number of unbranched alkanes of at least 4 members (excludes halogenated alkanes) is 1. The molecule has 2 aromatic carbocycles. The smallest absolute Gasteiger partial charge is 0.263 e. The monoisotopic (exact) mass is 457 g/mol. The minimum absolute atomic E-state index is 0.237. The summed E-state index contributed by atoms with van der Waals surface area (Å²) in [5, 5.41) is 7.64. The number of carbonyl (C=O) groups is 1. The lowest BCUT2D eigenvalue weighted by Crippen LogP contribution is -2.49. The molecule has 1 aliphatic heterocycles. The molecule has 7 nitrogen and oxygen atoms in total. The zero-order chi connectivity index (χ0) is 23.5. The van der Waals surface area contributed by atoms with Crippen molar-refractivity contribution in [3.8, 4) is 11.3 Å². The highest BCUT2D eigenvalue weighted by Gasteiger charge is 2.27. The topological polar surface area (TPSA) is 75.4 Å². The molecule has 1 amide bonds. The van der Waals surface area contributed by atoms with Gasteiger partial charge >= 0.3 is 0 Å². The van der Waals surface area contributed by atoms with Crippen LogP contribution >= 0.6 is 0 Å². The van der Waals surface area contributed by atoms with E-state index in [1.165, 1.54) is 5.39 Å². The van der Waals surface area contributed by atoms with E-state index in [4.69, 9.17) is 14.5 Å². The van der Waals surface area contributed by atoms with Gasteiger partial charge in [0.1, 0.15) is 22.7 Å². The molecular weight excluding hydrogens is 426 g/mol. The molecule has 2 aromatic heterocycles. The molecule has 0 spiro atoms. The van der Waals surface area contributed by atoms with Crippen LogP contribution in [-0.4, -0.2) is 52.1 Å². The fourth-order valence-electron chi connectivity index (χ4n) is 4.63. The van der Waals surface area contributed by atoms with Gasteiger partial charge in [0.15, 0.2) is 0 Å². The first-order valence-electron chi connectivity index (χ1n) is 12.4. The number of aromatic nitrogens is 3. The van der Waals surface area contributed by atoms with Gasteiger partial charge in [0, 0.05) is 44.6 Å². The predicted octanol–water partition coefficient (Wildman–Crippen LogP) is 5.23. The summed E-state index contributed by atoms with van der Waals surface area (Å²) in [6.45, 7) is 7.08. The summed E-state index contributed by atoms with van der Waals surface area (Å²) in [5.41, 5.74) is 2.28. The molecule has 0 aliphatic carbocycles. The standard InChI is InChI=1S/C27H31N5O2/c1-3-5-11-22-28-26(32-16-14-31(15-17-32)23(33)8-4-2)24-25(30-34-27(24)29-22)21-13-12-19-9-6-7-10-20(19)18-21/h6-7,9-10,12-13,18H,3-5,8,11,14-17H2,1-2H3. The Morgan fingerprint density at radius 1 is 0.971 bits per heavy atom. The Balaban J connectivity index is 1.54. The molecule has 0 unspecified atom stereocenters. The Bertz CT molecular complexity index is 1310. The van der Waals surface area contributed by atoms with Crippen LogP contribution in [0.5, 0.6) is 0 Å². The average molecular weight is 458 g/mol. The van der Waals surface area contributed by atoms with Crippen molar-refractivity contribution in [3.05, 3.63) is 48.3 Å². The van der Waals surface area contributed by atoms with Gasteiger partial charge in [0.2, 0.25) is 5.91 Å². The number of amides is 1. The van der Waals surface area contributed by atoms with Crippen LogP contribution in [0.15, 0.2) is 47.0 Å². The van der Waals surface area contributed by atoms with Gasteiger partial charge < -0.3 is 14.3 Å². The number of carbonyl (C=O) groups excluding carboxylic acids is 1. The summed E-state index contributed by atoms with van der Waals surface area (Å²) in [4.78, 5) is 26.3. The molecular formula is C27H31N5O2. The van der Waals surface area contributed by atoms with E-state index in [2.05, 4.69) is 47.3 Å². The van der Waals surface area contributed by atoms with E-state index in [1.54, 1.807) is 0 Å². The van der Waals surface area contributed by atoms with E-state index in [0.29, 0.717) is 25.2 Å². The van der Waals surface area contributed by atoms with Gasteiger partial charge in [-0.05, 0) is 29.7 Å². The summed E-state index contributed by atoms with van der Waals surface area (Å²) >= 11 is 0. The van der Waals surface area contributed by atoms with Crippen molar-refractivity contribution in [2.75, 3.05) is 31.1 Å². The molecule has 0 atom stereocenters. The first-order valence-corrected chi connectivity index (χ1v) is 12.4. The summed E-state index contributed by atoms with van der Waals surface area (Å²) in [7, 11) is 0. The van der Waals surface area contributed by atoms with Gasteiger partial charge in [-0.3, -0.25) is 4.79 Å². The summed E-state index contributed by atoms with van der Waals surface area (Å²) in [6, 6.07) is 14.6. The maximum absolute atomic E-state index is 12.4. The highest BCUT2D eigenvalue weighted by Crippen LogP contribution is 2.35. The maximum atomic E-state index is 12.4. The van der Waals surface area contributed by atoms with E-state index < -0.39 is 0 Å². The molecule has 4 aromatic rings. The Morgan fingerprint density at radius 2 is 1.76 bits per heavy atom. The Morgan fingerprint density at radius 3 is 2.53 bits per heavy atom. The van der Waals surface area contributed by atoms with Gasteiger partial charge in [0.05, 0.1) is 0 Å². The van der Waals surface area contributed by atoms with Gasteiger partial charge in [0.25, 0.3) is 5.71 Å². The second kappa shape index (κ2) is 9.79. The maximum Gasteiger partial charge on any atom is 0.263 e. The quantitative estimate of drug-likeness (QED) is 0.378. The molecule has 34 heavy (non-hydrogen) atoms. The van der Waals surface area contributed by atoms with E-state index in [-0.39, 0.29) is 5.91 Å². The molecule has 0 saturated carbocycles. The van der Waals surface area contributed by atoms with Crippen LogP contribution in [0.3, 0.4) is 0 Å². The van der Waals surface area contributed by atoms with Gasteiger partial charge in [-0.2, -0.15) is 4.98 Å². The van der Waals surface area contributed by atoms with Crippen LogP contribution in [0.4, 0.5) is 5.82 Å². The number of hydrogen-bond donors (Lipinski definition) is 0. The fourth-order valence-corrected chi connectivity index (χ4v) is 4.63. The molecule has 0 N–H and O–H groups in total. The lowest BCUT2D eigenvalue weighted by Gasteiger charge is -2.35. The minimum Gasteiger partial charge on any atom is -0.352 e. The lowest BCUT2D eigenvalue weighted by molar-refractivity contribution is -0.131. The van der Waals surface area contributed by atoms with E-state index in [0.717, 1.165) is 72.4 Å². The van der Waals surface area contributed by atoms with Crippen LogP contribution in [0.2, 0.25) is 0 Å². The second-order valence-corrected chi connectivity index (χ2v) is 8.96. The number of fused-ring (bicyclic) bond motifs is 2. The normalized spacial score (nSPS) is 14.3. The van der Waals surface area contributed by atoms with E-state index >= 15 is 0 Å². The van der Waals surface area contributed by atoms with Gasteiger partial charge in [-0.15, -0.1) is 0 Å². The average Bonchev–Trinajstić information content (AvgIpc) is 3.31. The second-order valence-electron chi connectivity index (χ2n) is 8.96. The molecule has 1 saturated heterocycles. The van der Waals surface area contributed by atoms with E-state index in [9.17, 15) is 4.79 Å². The number of piperazine rings is 1. The predicted molar refractivity (Wildman–Crippen MR) is 135 cm³/mol. The molecule has 5 rings (SSSR count). The number of anilines is 1. The summed E-state index contributed by atoms with van der Waals surface area (Å²) < 4.78 is 5.77. The van der Waals surface area contributed by atoms with Crippen LogP contribution in [-0.2, 0) is 11.2 Å². The SMILES string of the molecule is CCCCc1nc(N2CCN(C(=O)CCC)CC2)c2c(-c3ccc4ccccc4c3)noc2n1. The van der Waals surface area contributed by atoms with Crippen LogP contribution in [0, 0.1) is 0 Å². The Kier molecular flexibility index (Phi) is 6.43. The van der Waals surface area contributed by atoms with Crippen molar-refractivity contribution in [2.45, 2.75) is 46.0 Å². The summed E-state index contributed by atoms with van der Waals surface area (Å²) in [5.74, 6) is 1.89. The van der Waals surface area contributed by atoms with Crippen molar-refractivity contribution in [1.82, 2.24) is 20.0 Å². The highest BCUT2D eigenvalue weighted by atomic mass is 16.5. The first-order chi connectivity index (χ1) is 16.7. The van der Waals surface area contributed by atoms with Crippen LogP contribution in [0.25, 0.3) is 33.1 Å². The zero-order valence-corrected chi connectivity index (χ0v) is 20.0. The Labute approximate surface area is 199 Å². The summed E-state index contributed by atoms with van der Waals surface area (Å²) in [6.07, 6.45) is 4.39. The molecule has 7 heteroatoms. The number of rotatable bonds is 7. The van der Waals surface area contributed by atoms with E-state index in [1.807, 2.05) is 24.0 Å². The highest BCUT2D eigenvalue weighted by molar-refractivity contribution is 6.00. The molecule has 0 bridgehead atoms. The van der Waals surface area contributed by atoms with Crippen molar-refractivity contribution >= 4 is 33.6 Å². The van der Waals surface area contributed by atoms with Gasteiger partial charge in [-0.25, -0.2) is 4.98 Å². The van der Waals surface area contributed by atoms with Crippen molar-refractivity contribution < 1.29 is 9.32 Å². The van der Waals surface area contributed by atoms with Crippen LogP contribution in [0.1, 0.15) is 45.4 Å². The third kappa shape index (κ3) is 4.34. The molecule has 3 heterocycles. The van der Waals surface area contributed by atoms with Crippen molar-refractivity contribution in [1.29, 1.82) is 0 Å². The first kappa shape index (κ1) is 22.3. The lowest BCUT2D eigenvalue weighted by atomic mass is 10.0. The molecule has 176 valence electrons. The third-order valence-corrected chi connectivity index (χ3v) is 6.54. The van der Waals surface area contributed by atoms with Gasteiger partial charge in [-0.1, -0.05) is 61.8 Å². The minimum atomic E-state index is 0.237. The molecule has 0 radical (unpaired) electrons. The van der Waals surface area contributed by atoms with Crippen molar-refractivity contribution in [3.63, 3.8) is 0 Å². The van der Waals surface area contributed by atoms with Crippen LogP contribution < -0.4 is 4.90 Å². The molecule has 1 aliphatic rings. The third-order valence-electron chi connectivity index (χ3n) is 6.54. The zero-order valence-electron chi connectivity index (χ0n) is 20.0.